The first kappa shape index (κ1) is 16.3. The van der Waals surface area contributed by atoms with Crippen molar-refractivity contribution in [2.75, 3.05) is 5.32 Å². The highest BCUT2D eigenvalue weighted by Gasteiger charge is 2.16. The Kier molecular flexibility index (Phi) is 4.44. The summed E-state index contributed by atoms with van der Waals surface area (Å²) in [5, 5.41) is 12.6. The first-order valence-electron chi connectivity index (χ1n) is 7.75. The lowest BCUT2D eigenvalue weighted by molar-refractivity contribution is 0.102. The third-order valence-corrected chi connectivity index (χ3v) is 5.12. The number of nitrogens with one attached hydrogen (secondary N) is 1. The molecule has 24 heavy (non-hydrogen) atoms. The summed E-state index contributed by atoms with van der Waals surface area (Å²) in [6.07, 6.45) is 0. The Morgan fingerprint density at radius 3 is 2.21 bits per heavy atom. The molecule has 0 aliphatic heterocycles. The normalized spacial score (nSPS) is 10.7. The van der Waals surface area contributed by atoms with Crippen LogP contribution in [0.1, 0.15) is 32.6 Å². The molecule has 0 fully saturated rings. The summed E-state index contributed by atoms with van der Waals surface area (Å²) < 4.78 is 0. The number of hydrogen-bond donors (Lipinski definition) is 1. The minimum atomic E-state index is -0.174. The van der Waals surface area contributed by atoms with Crippen LogP contribution in [0.3, 0.4) is 0 Å². The maximum atomic E-state index is 12.2. The zero-order valence-corrected chi connectivity index (χ0v) is 15.0. The van der Waals surface area contributed by atoms with Gasteiger partial charge in [0.1, 0.15) is 5.01 Å². The summed E-state index contributed by atoms with van der Waals surface area (Å²) in [6.45, 7) is 8.40. The van der Waals surface area contributed by atoms with Crippen LogP contribution in [0.5, 0.6) is 0 Å². The molecule has 1 heterocycles. The van der Waals surface area contributed by atoms with E-state index in [4.69, 9.17) is 0 Å². The summed E-state index contributed by atoms with van der Waals surface area (Å²) in [5.41, 5.74) is 6.60. The minimum absolute atomic E-state index is 0.174. The molecule has 0 radical (unpaired) electrons. The van der Waals surface area contributed by atoms with Gasteiger partial charge in [0.05, 0.1) is 0 Å². The lowest BCUT2D eigenvalue weighted by atomic mass is 9.95. The van der Waals surface area contributed by atoms with Crippen molar-refractivity contribution in [1.29, 1.82) is 0 Å². The Morgan fingerprint density at radius 2 is 1.58 bits per heavy atom. The van der Waals surface area contributed by atoms with Crippen molar-refractivity contribution in [3.05, 3.63) is 64.2 Å². The Morgan fingerprint density at radius 1 is 0.958 bits per heavy atom. The number of nitrogens with zero attached hydrogens (tertiary/aromatic N) is 2. The van der Waals surface area contributed by atoms with E-state index in [1.165, 1.54) is 33.6 Å². The molecule has 2 aromatic carbocycles. The van der Waals surface area contributed by atoms with E-state index in [0.29, 0.717) is 10.7 Å². The highest BCUT2D eigenvalue weighted by atomic mass is 32.1. The molecule has 0 atom stereocenters. The van der Waals surface area contributed by atoms with Crippen molar-refractivity contribution in [3.63, 3.8) is 0 Å². The molecule has 0 bridgehead atoms. The molecule has 3 aromatic rings. The van der Waals surface area contributed by atoms with Crippen molar-refractivity contribution in [3.8, 4) is 10.6 Å². The van der Waals surface area contributed by atoms with Crippen LogP contribution in [0.25, 0.3) is 10.6 Å². The highest BCUT2D eigenvalue weighted by Crippen LogP contribution is 2.34. The van der Waals surface area contributed by atoms with Crippen molar-refractivity contribution in [2.45, 2.75) is 27.7 Å². The van der Waals surface area contributed by atoms with Gasteiger partial charge < -0.3 is 0 Å². The van der Waals surface area contributed by atoms with Gasteiger partial charge in [0.2, 0.25) is 5.13 Å². The SMILES string of the molecule is Cc1cc(C)c(C)c(-c2nnc(NC(=O)c3ccccc3)s2)c1C. The van der Waals surface area contributed by atoms with Gasteiger partial charge in [0, 0.05) is 11.1 Å². The quantitative estimate of drug-likeness (QED) is 0.754. The number of amides is 1. The van der Waals surface area contributed by atoms with Crippen molar-refractivity contribution in [1.82, 2.24) is 10.2 Å². The fourth-order valence-corrected chi connectivity index (χ4v) is 3.57. The van der Waals surface area contributed by atoms with Gasteiger partial charge in [-0.05, 0) is 62.1 Å². The number of carbonyl (C=O) groups is 1. The predicted molar refractivity (Wildman–Crippen MR) is 98.7 cm³/mol. The molecule has 0 aliphatic rings. The Balaban J connectivity index is 1.91. The second kappa shape index (κ2) is 6.53. The molecule has 1 N–H and O–H groups in total. The molecule has 4 nitrogen and oxygen atoms in total. The number of aromatic nitrogens is 2. The van der Waals surface area contributed by atoms with Crippen LogP contribution < -0.4 is 5.32 Å². The van der Waals surface area contributed by atoms with E-state index in [0.717, 1.165) is 10.6 Å². The van der Waals surface area contributed by atoms with Gasteiger partial charge in [-0.25, -0.2) is 0 Å². The van der Waals surface area contributed by atoms with E-state index in [2.05, 4.69) is 49.3 Å². The fourth-order valence-electron chi connectivity index (χ4n) is 2.67. The van der Waals surface area contributed by atoms with E-state index >= 15 is 0 Å². The van der Waals surface area contributed by atoms with E-state index < -0.39 is 0 Å². The maximum absolute atomic E-state index is 12.2. The number of rotatable bonds is 3. The van der Waals surface area contributed by atoms with Gasteiger partial charge in [-0.1, -0.05) is 35.6 Å². The fraction of sp³-hybridized carbons (Fsp3) is 0.211. The van der Waals surface area contributed by atoms with Gasteiger partial charge in [-0.15, -0.1) is 10.2 Å². The Bertz CT molecular complexity index is 874. The van der Waals surface area contributed by atoms with Crippen LogP contribution in [0, 0.1) is 27.7 Å². The molecule has 0 spiro atoms. The van der Waals surface area contributed by atoms with Gasteiger partial charge in [-0.3, -0.25) is 10.1 Å². The van der Waals surface area contributed by atoms with Crippen LogP contribution in [-0.2, 0) is 0 Å². The lowest BCUT2D eigenvalue weighted by Crippen LogP contribution is -2.11. The van der Waals surface area contributed by atoms with Crippen molar-refractivity contribution >= 4 is 22.4 Å². The monoisotopic (exact) mass is 337 g/mol. The average molecular weight is 337 g/mol. The van der Waals surface area contributed by atoms with Crippen LogP contribution in [0.15, 0.2) is 36.4 Å². The molecular weight excluding hydrogens is 318 g/mol. The van der Waals surface area contributed by atoms with E-state index in [9.17, 15) is 4.79 Å². The largest absolute Gasteiger partial charge is 0.296 e. The Labute approximate surface area is 145 Å². The first-order chi connectivity index (χ1) is 11.5. The molecule has 3 rings (SSSR count). The lowest BCUT2D eigenvalue weighted by Gasteiger charge is -2.12. The third-order valence-electron chi connectivity index (χ3n) is 4.26. The van der Waals surface area contributed by atoms with Crippen molar-refractivity contribution < 1.29 is 4.79 Å². The minimum Gasteiger partial charge on any atom is -0.296 e. The summed E-state index contributed by atoms with van der Waals surface area (Å²) >= 11 is 1.40. The Hall–Kier alpha value is -2.53. The molecular formula is C19H19N3OS. The average Bonchev–Trinajstić information content (AvgIpc) is 3.02. The predicted octanol–water partition coefficient (Wildman–Crippen LogP) is 4.69. The maximum Gasteiger partial charge on any atom is 0.257 e. The molecule has 1 amide bonds. The standard InChI is InChI=1S/C19H19N3OS/c1-11-10-12(2)14(4)16(13(11)3)18-21-22-19(24-18)20-17(23)15-8-6-5-7-9-15/h5-10H,1-4H3,(H,20,22,23). The molecule has 0 saturated heterocycles. The second-order valence-corrected chi connectivity index (χ2v) is 6.85. The van der Waals surface area contributed by atoms with Gasteiger partial charge >= 0.3 is 0 Å². The molecule has 1 aromatic heterocycles. The van der Waals surface area contributed by atoms with E-state index in [1.807, 2.05) is 18.2 Å². The van der Waals surface area contributed by atoms with Crippen LogP contribution >= 0.6 is 11.3 Å². The highest BCUT2D eigenvalue weighted by molar-refractivity contribution is 7.18. The van der Waals surface area contributed by atoms with Crippen molar-refractivity contribution in [2.24, 2.45) is 0 Å². The van der Waals surface area contributed by atoms with Crippen LogP contribution in [-0.4, -0.2) is 16.1 Å². The van der Waals surface area contributed by atoms with E-state index in [1.54, 1.807) is 12.1 Å². The first-order valence-corrected chi connectivity index (χ1v) is 8.56. The molecule has 0 unspecified atom stereocenters. The number of anilines is 1. The molecule has 0 aliphatic carbocycles. The molecule has 0 saturated carbocycles. The van der Waals surface area contributed by atoms with Crippen LogP contribution in [0.2, 0.25) is 0 Å². The topological polar surface area (TPSA) is 54.9 Å². The summed E-state index contributed by atoms with van der Waals surface area (Å²) in [4.78, 5) is 12.2. The molecule has 122 valence electrons. The summed E-state index contributed by atoms with van der Waals surface area (Å²) in [5.74, 6) is -0.174. The van der Waals surface area contributed by atoms with Crippen LogP contribution in [0.4, 0.5) is 5.13 Å². The second-order valence-electron chi connectivity index (χ2n) is 5.87. The zero-order valence-electron chi connectivity index (χ0n) is 14.2. The third kappa shape index (κ3) is 3.08. The van der Waals surface area contributed by atoms with E-state index in [-0.39, 0.29) is 5.91 Å². The number of hydrogen-bond acceptors (Lipinski definition) is 4. The number of carbonyl (C=O) groups excluding carboxylic acids is 1. The van der Waals surface area contributed by atoms with Gasteiger partial charge in [0.15, 0.2) is 0 Å². The number of benzene rings is 2. The number of aryl methyl sites for hydroxylation is 2. The van der Waals surface area contributed by atoms with Gasteiger partial charge in [0.25, 0.3) is 5.91 Å². The summed E-state index contributed by atoms with van der Waals surface area (Å²) in [6, 6.07) is 11.3. The van der Waals surface area contributed by atoms with Gasteiger partial charge in [-0.2, -0.15) is 0 Å². The summed E-state index contributed by atoms with van der Waals surface area (Å²) in [7, 11) is 0. The molecule has 5 heteroatoms. The zero-order chi connectivity index (χ0) is 17.3. The smallest absolute Gasteiger partial charge is 0.257 e.